The minimum absolute atomic E-state index is 0.00142. The second-order valence-electron chi connectivity index (χ2n) is 27.1. The minimum Gasteiger partial charge on any atom is -0.390 e. The molecule has 0 amide bonds. The van der Waals surface area contributed by atoms with Gasteiger partial charge in [-0.15, -0.1) is 10.2 Å². The van der Waals surface area contributed by atoms with Crippen LogP contribution in [-0.2, 0) is 23.0 Å². The van der Waals surface area contributed by atoms with Crippen molar-refractivity contribution in [2.24, 2.45) is 10.8 Å². The van der Waals surface area contributed by atoms with Gasteiger partial charge in [0.1, 0.15) is 24.7 Å². The summed E-state index contributed by atoms with van der Waals surface area (Å²) in [4.78, 5) is 75.0. The summed E-state index contributed by atoms with van der Waals surface area (Å²) in [6, 6.07) is 14.9. The molecule has 30 heteroatoms. The molecule has 94 heavy (non-hydrogen) atoms. The molecular formula is C64H105N13O14P2S. The van der Waals surface area contributed by atoms with Crippen molar-refractivity contribution < 1.29 is 38.0 Å². The van der Waals surface area contributed by atoms with Gasteiger partial charge in [0.25, 0.3) is 31.0 Å². The van der Waals surface area contributed by atoms with E-state index in [2.05, 4.69) is 148 Å². The molecule has 0 bridgehead atoms. The highest BCUT2D eigenvalue weighted by molar-refractivity contribution is 7.98. The summed E-state index contributed by atoms with van der Waals surface area (Å²) < 4.78 is 42.1. The van der Waals surface area contributed by atoms with E-state index in [1.165, 1.54) is 39.4 Å². The van der Waals surface area contributed by atoms with Crippen LogP contribution in [0.4, 0.5) is 11.4 Å². The first kappa shape index (κ1) is 81.0. The van der Waals surface area contributed by atoms with Crippen LogP contribution in [0.15, 0.2) is 85.3 Å². The molecule has 5 unspecified atom stereocenters. The lowest BCUT2D eigenvalue weighted by Gasteiger charge is -2.48. The number of benzene rings is 2. The lowest BCUT2D eigenvalue weighted by Crippen LogP contribution is -2.44. The van der Waals surface area contributed by atoms with Gasteiger partial charge in [-0.05, 0) is 144 Å². The van der Waals surface area contributed by atoms with Gasteiger partial charge in [-0.25, -0.2) is 23.6 Å². The number of nitrogens with zero attached hydrogens (tertiary/aromatic N) is 10. The first-order valence-electron chi connectivity index (χ1n) is 32.1. The highest BCUT2D eigenvalue weighted by Crippen LogP contribution is 2.59. The number of tetrazole rings is 1. The van der Waals surface area contributed by atoms with Gasteiger partial charge in [0.2, 0.25) is 5.16 Å². The van der Waals surface area contributed by atoms with Crippen molar-refractivity contribution in [1.82, 2.24) is 53.7 Å². The lowest BCUT2D eigenvalue weighted by molar-refractivity contribution is -0.386. The van der Waals surface area contributed by atoms with Gasteiger partial charge >= 0.3 is 11.4 Å². The number of nitro benzene ring substituents is 2. The molecule has 3 aromatic heterocycles. The van der Waals surface area contributed by atoms with Crippen LogP contribution in [0.25, 0.3) is 0 Å². The van der Waals surface area contributed by atoms with Crippen LogP contribution < -0.4 is 22.5 Å². The first-order chi connectivity index (χ1) is 43.8. The number of aliphatic hydroxyl groups excluding tert-OH is 1. The zero-order chi connectivity index (χ0) is 71.0. The monoisotopic (exact) mass is 1370 g/mol. The molecule has 4 N–H and O–H groups in total. The Bertz CT molecular complexity index is 3380. The molecule has 5 aromatic rings. The van der Waals surface area contributed by atoms with Gasteiger partial charge in [0.05, 0.1) is 45.4 Å². The van der Waals surface area contributed by atoms with Crippen LogP contribution >= 0.6 is 28.7 Å². The molecule has 2 aromatic carbocycles. The SMILES string of the molecule is CC(C)N(C(C)C)P(OC(c1ccccc1[N+](=O)[O-])C(C)(C)C)N(C(C)C)C(C)C.CC[C@H]1O[C@@H](n2cc(C)c(=O)[nH]c2=O)CC1O.CC[C@H]1O[C@@H](n2cc(C)c(=O)[nH]c2=O)CC1OP(OC(c1ccccc1[N+](=O)[O-])C(C)(C)C)N(C(C)C)C(C)C.CSc1nn[nH]n1. The molecule has 2 aliphatic heterocycles. The number of aliphatic hydroxyl groups is 1. The molecule has 2 saturated heterocycles. The summed E-state index contributed by atoms with van der Waals surface area (Å²) in [5, 5.41) is 47.1. The van der Waals surface area contributed by atoms with Gasteiger partial charge in [-0.2, -0.15) is 5.21 Å². The average molecular weight is 1370 g/mol. The number of H-pyrrole nitrogens is 3. The Balaban J connectivity index is 0.000000303. The van der Waals surface area contributed by atoms with E-state index in [-0.39, 0.29) is 75.1 Å². The molecule has 0 saturated carbocycles. The van der Waals surface area contributed by atoms with Gasteiger partial charge in [-0.1, -0.05) is 91.4 Å². The smallest absolute Gasteiger partial charge is 0.330 e. The number of aryl methyl sites for hydroxylation is 2. The third-order valence-electron chi connectivity index (χ3n) is 15.4. The standard InChI is InChI=1S/C28H43N4O7P.C23H42N3O3P.C11H16N2O4.C2H4N4S/c1-10-22-23(15-24(37-22)30-16-19(6)26(33)29-27(30)34)38-40(31(17(2)3)18(4)5)39-25(28(7,8)9)20-13-11-12-14-21(20)32(35)36;1-16(2)24(17(3)4)30(25(18(5)6)19(7)8)29-22(23(9,10)11)20-14-12-13-15-21(20)26(27)28;1-3-8-7(14)4-9(17-8)13-5-6(2)10(15)12-11(13)16;1-7-2-3-5-6-4-2/h11-14,16-18,22-25H,10,15H2,1-9H3,(H,29,33,34);12-19,22H,1-11H3;5,7-9,14H,3-4H2,1-2H3,(H,12,15,16);1H3,(H,3,4,5,6)/t22-,23?,24-,25?,40?;;7?,8-,9-;/m1.1./s1. The third kappa shape index (κ3) is 22.0. The van der Waals surface area contributed by atoms with Crippen LogP contribution in [0.2, 0.25) is 0 Å². The van der Waals surface area contributed by atoms with Crippen molar-refractivity contribution in [1.29, 1.82) is 0 Å². The molecule has 2 fully saturated rings. The number of nitro groups is 2. The van der Waals surface area contributed by atoms with Gasteiger partial charge in [-0.3, -0.25) is 48.9 Å². The van der Waals surface area contributed by atoms with Crippen LogP contribution in [0.1, 0.15) is 211 Å². The molecule has 526 valence electrons. The Kier molecular flexibility index (Phi) is 31.2. The predicted octanol–water partition coefficient (Wildman–Crippen LogP) is 13.0. The Morgan fingerprint density at radius 2 is 1.04 bits per heavy atom. The van der Waals surface area contributed by atoms with E-state index in [4.69, 9.17) is 23.0 Å². The number of hydrogen-bond donors (Lipinski definition) is 4. The van der Waals surface area contributed by atoms with Crippen LogP contribution in [-0.4, -0.2) is 136 Å². The number of aromatic nitrogens is 8. The summed E-state index contributed by atoms with van der Waals surface area (Å²) in [5.74, 6) is 0. The Hall–Kier alpha value is -5.48. The minimum atomic E-state index is -1.73. The van der Waals surface area contributed by atoms with Crippen molar-refractivity contribution >= 4 is 40.1 Å². The molecule has 9 atom stereocenters. The van der Waals surface area contributed by atoms with Crippen LogP contribution in [0.3, 0.4) is 0 Å². The zero-order valence-corrected chi connectivity index (χ0v) is 61.8. The number of aromatic amines is 3. The maximum absolute atomic E-state index is 12.6. The van der Waals surface area contributed by atoms with E-state index in [0.29, 0.717) is 53.1 Å². The highest BCUT2D eigenvalue weighted by Gasteiger charge is 2.45. The van der Waals surface area contributed by atoms with Crippen LogP contribution in [0, 0.1) is 44.9 Å². The van der Waals surface area contributed by atoms with E-state index < -0.39 is 81.8 Å². The van der Waals surface area contributed by atoms with Crippen molar-refractivity contribution in [2.45, 2.75) is 268 Å². The van der Waals surface area contributed by atoms with E-state index >= 15 is 0 Å². The number of nitrogens with one attached hydrogen (secondary N) is 3. The van der Waals surface area contributed by atoms with Gasteiger partial charge in [0, 0.05) is 84.7 Å². The predicted molar refractivity (Wildman–Crippen MR) is 370 cm³/mol. The Morgan fingerprint density at radius 3 is 1.38 bits per heavy atom. The third-order valence-corrected chi connectivity index (χ3v) is 21.1. The van der Waals surface area contributed by atoms with Gasteiger partial charge < -0.3 is 28.2 Å². The maximum atomic E-state index is 12.6. The Morgan fingerprint density at radius 1 is 0.649 bits per heavy atom. The summed E-state index contributed by atoms with van der Waals surface area (Å²) in [5.41, 5.74) is -0.553. The number of rotatable bonds is 24. The van der Waals surface area contributed by atoms with Crippen molar-refractivity contribution in [2.75, 3.05) is 6.26 Å². The van der Waals surface area contributed by atoms with Crippen LogP contribution in [0.5, 0.6) is 0 Å². The molecule has 7 rings (SSSR count). The second-order valence-corrected chi connectivity index (χ2v) is 30.9. The Labute approximate surface area is 560 Å². The fourth-order valence-electron chi connectivity index (χ4n) is 11.2. The molecule has 0 aliphatic carbocycles. The number of thioether (sulfide) groups is 1. The van der Waals surface area contributed by atoms with Crippen molar-refractivity contribution in [3.63, 3.8) is 0 Å². The fraction of sp³-hybridized carbons (Fsp3) is 0.672. The van der Waals surface area contributed by atoms with E-state index in [9.17, 15) is 44.5 Å². The highest BCUT2D eigenvalue weighted by atomic mass is 32.2. The quantitative estimate of drug-likeness (QED) is 0.0193. The summed E-state index contributed by atoms with van der Waals surface area (Å²) in [7, 11) is -2.89. The van der Waals surface area contributed by atoms with Crippen molar-refractivity contribution in [3.8, 4) is 0 Å². The normalized spacial score (nSPS) is 19.5. The lowest BCUT2D eigenvalue weighted by atomic mass is 9.84. The number of para-hydroxylation sites is 2. The van der Waals surface area contributed by atoms with Crippen molar-refractivity contribution in [3.05, 3.63) is 145 Å². The topological polar surface area (TPSA) is 327 Å². The molecule has 27 nitrogen and oxygen atoms in total. The molecule has 0 spiro atoms. The number of ether oxygens (including phenoxy) is 2. The largest absolute Gasteiger partial charge is 0.390 e. The molecule has 5 heterocycles. The molecule has 0 radical (unpaired) electrons. The molecule has 2 aliphatic rings. The summed E-state index contributed by atoms with van der Waals surface area (Å²) >= 11 is 1.46. The maximum Gasteiger partial charge on any atom is 0.330 e. The van der Waals surface area contributed by atoms with E-state index in [0.717, 1.165) is 0 Å². The van der Waals surface area contributed by atoms with E-state index in [1.807, 2.05) is 53.0 Å². The van der Waals surface area contributed by atoms with E-state index in [1.54, 1.807) is 44.2 Å². The first-order valence-corrected chi connectivity index (χ1v) is 35.7. The molecular weight excluding hydrogens is 1270 g/mol. The fourth-order valence-corrected chi connectivity index (χ4v) is 16.2. The zero-order valence-electron chi connectivity index (χ0n) is 59.2. The second kappa shape index (κ2) is 36.2. The summed E-state index contributed by atoms with van der Waals surface area (Å²) in [6.07, 6.45) is 3.23. The average Bonchev–Trinajstić information content (AvgIpc) is 1.10. The van der Waals surface area contributed by atoms with Gasteiger partial charge in [0.15, 0.2) is 8.45 Å². The summed E-state index contributed by atoms with van der Waals surface area (Å²) in [6.45, 7) is 45.2. The number of hydrogen-bond acceptors (Lipinski definition) is 21.